The van der Waals surface area contributed by atoms with Gasteiger partial charge in [-0.15, -0.1) is 0 Å². The second-order valence-electron chi connectivity index (χ2n) is 5.90. The number of nitrogens with zero attached hydrogens (tertiary/aromatic N) is 3. The smallest absolute Gasteiger partial charge is 0.341 e. The molecule has 0 amide bonds. The highest BCUT2D eigenvalue weighted by Gasteiger charge is 2.16. The number of pyridine rings is 1. The van der Waals surface area contributed by atoms with Crippen LogP contribution in [-0.4, -0.2) is 27.3 Å². The summed E-state index contributed by atoms with van der Waals surface area (Å²) in [6.07, 6.45) is 3.10. The van der Waals surface area contributed by atoms with Gasteiger partial charge < -0.3 is 4.74 Å². The summed E-state index contributed by atoms with van der Waals surface area (Å²) < 4.78 is 7.13. The second kappa shape index (κ2) is 7.75. The molecule has 5 nitrogen and oxygen atoms in total. The highest BCUT2D eigenvalue weighted by molar-refractivity contribution is 5.90. The Balaban J connectivity index is 1.56. The first-order valence-electron chi connectivity index (χ1n) is 8.35. The number of aryl methyl sites for hydroxylation is 2. The molecule has 1 aromatic carbocycles. The van der Waals surface area contributed by atoms with E-state index in [1.54, 1.807) is 10.9 Å². The minimum absolute atomic E-state index is 0.336. The zero-order valence-electron chi connectivity index (χ0n) is 14.5. The van der Waals surface area contributed by atoms with Crippen molar-refractivity contribution in [2.45, 2.75) is 26.7 Å². The maximum absolute atomic E-state index is 12.3. The van der Waals surface area contributed by atoms with E-state index in [9.17, 15) is 4.79 Å². The number of esters is 1. The Morgan fingerprint density at radius 2 is 1.88 bits per heavy atom. The maximum Gasteiger partial charge on any atom is 0.341 e. The van der Waals surface area contributed by atoms with E-state index in [0.717, 1.165) is 35.6 Å². The molecule has 25 heavy (non-hydrogen) atoms. The Labute approximate surface area is 147 Å². The molecular formula is C20H21N3O2. The summed E-state index contributed by atoms with van der Waals surface area (Å²) >= 11 is 0. The zero-order chi connectivity index (χ0) is 17.6. The first-order chi connectivity index (χ1) is 12.1. The van der Waals surface area contributed by atoms with E-state index in [1.807, 2.05) is 62.4 Å². The van der Waals surface area contributed by atoms with Crippen LogP contribution in [0.4, 0.5) is 0 Å². The predicted molar refractivity (Wildman–Crippen MR) is 95.9 cm³/mol. The fraction of sp³-hybridized carbons (Fsp3) is 0.250. The first kappa shape index (κ1) is 16.9. The van der Waals surface area contributed by atoms with Crippen molar-refractivity contribution in [3.05, 3.63) is 77.4 Å². The molecular weight excluding hydrogens is 314 g/mol. The van der Waals surface area contributed by atoms with Gasteiger partial charge in [-0.05, 0) is 51.0 Å². The SMILES string of the molecule is Cc1cccc(CCCOC(=O)c2cnn(-c3ccccc3)c2C)n1. The summed E-state index contributed by atoms with van der Waals surface area (Å²) in [7, 11) is 0. The lowest BCUT2D eigenvalue weighted by Crippen LogP contribution is -2.09. The minimum atomic E-state index is -0.336. The molecule has 0 fully saturated rings. The maximum atomic E-state index is 12.3. The molecule has 2 heterocycles. The molecule has 0 aliphatic heterocycles. The average Bonchev–Trinajstić information content (AvgIpc) is 3.01. The number of hydrogen-bond acceptors (Lipinski definition) is 4. The van der Waals surface area contributed by atoms with E-state index >= 15 is 0 Å². The van der Waals surface area contributed by atoms with Crippen molar-refractivity contribution in [3.63, 3.8) is 0 Å². The van der Waals surface area contributed by atoms with Crippen LogP contribution in [0.1, 0.15) is 33.9 Å². The second-order valence-corrected chi connectivity index (χ2v) is 5.90. The van der Waals surface area contributed by atoms with Crippen LogP contribution in [-0.2, 0) is 11.2 Å². The molecule has 128 valence electrons. The molecule has 0 radical (unpaired) electrons. The Morgan fingerprint density at radius 1 is 1.08 bits per heavy atom. The first-order valence-corrected chi connectivity index (χ1v) is 8.35. The van der Waals surface area contributed by atoms with E-state index in [0.29, 0.717) is 12.2 Å². The van der Waals surface area contributed by atoms with Gasteiger partial charge in [0.1, 0.15) is 5.56 Å². The summed E-state index contributed by atoms with van der Waals surface area (Å²) in [5.74, 6) is -0.336. The number of aromatic nitrogens is 3. The van der Waals surface area contributed by atoms with Gasteiger partial charge in [0.05, 0.1) is 24.2 Å². The van der Waals surface area contributed by atoms with Crippen molar-refractivity contribution in [3.8, 4) is 5.69 Å². The number of carbonyl (C=O) groups is 1. The van der Waals surface area contributed by atoms with Crippen LogP contribution in [0, 0.1) is 13.8 Å². The molecule has 2 aromatic heterocycles. The van der Waals surface area contributed by atoms with Crippen molar-refractivity contribution in [2.24, 2.45) is 0 Å². The van der Waals surface area contributed by atoms with E-state index in [4.69, 9.17) is 4.74 Å². The number of para-hydroxylation sites is 1. The summed E-state index contributed by atoms with van der Waals surface area (Å²) in [6.45, 7) is 4.20. The Morgan fingerprint density at radius 3 is 2.64 bits per heavy atom. The summed E-state index contributed by atoms with van der Waals surface area (Å²) in [5, 5.41) is 4.30. The third-order valence-electron chi connectivity index (χ3n) is 3.99. The normalized spacial score (nSPS) is 10.6. The number of ether oxygens (including phenoxy) is 1. The van der Waals surface area contributed by atoms with Crippen LogP contribution >= 0.6 is 0 Å². The van der Waals surface area contributed by atoms with Crippen LogP contribution in [0.25, 0.3) is 5.69 Å². The molecule has 0 saturated carbocycles. The fourth-order valence-corrected chi connectivity index (χ4v) is 2.67. The summed E-state index contributed by atoms with van der Waals surface area (Å²) in [4.78, 5) is 16.7. The molecule has 0 aliphatic carbocycles. The van der Waals surface area contributed by atoms with Gasteiger partial charge in [-0.1, -0.05) is 24.3 Å². The van der Waals surface area contributed by atoms with Gasteiger partial charge in [-0.2, -0.15) is 5.10 Å². The van der Waals surface area contributed by atoms with Crippen LogP contribution in [0.3, 0.4) is 0 Å². The van der Waals surface area contributed by atoms with Gasteiger partial charge >= 0.3 is 5.97 Å². The fourth-order valence-electron chi connectivity index (χ4n) is 2.67. The minimum Gasteiger partial charge on any atom is -0.462 e. The number of carbonyl (C=O) groups excluding carboxylic acids is 1. The van der Waals surface area contributed by atoms with Gasteiger partial charge in [0.2, 0.25) is 0 Å². The Hall–Kier alpha value is -2.95. The highest BCUT2D eigenvalue weighted by atomic mass is 16.5. The van der Waals surface area contributed by atoms with Crippen LogP contribution in [0.5, 0.6) is 0 Å². The number of rotatable bonds is 6. The largest absolute Gasteiger partial charge is 0.462 e. The quantitative estimate of drug-likeness (QED) is 0.509. The summed E-state index contributed by atoms with van der Waals surface area (Å²) in [5.41, 5.74) is 4.21. The van der Waals surface area contributed by atoms with Gasteiger partial charge in [0, 0.05) is 11.4 Å². The molecule has 0 unspecified atom stereocenters. The zero-order valence-corrected chi connectivity index (χ0v) is 14.5. The molecule has 3 rings (SSSR count). The molecule has 3 aromatic rings. The van der Waals surface area contributed by atoms with E-state index in [1.165, 1.54) is 0 Å². The van der Waals surface area contributed by atoms with Gasteiger partial charge in [-0.25, -0.2) is 9.48 Å². The molecule has 0 spiro atoms. The average molecular weight is 335 g/mol. The topological polar surface area (TPSA) is 57.0 Å². The van der Waals surface area contributed by atoms with Crippen molar-refractivity contribution >= 4 is 5.97 Å². The van der Waals surface area contributed by atoms with Crippen LogP contribution in [0.15, 0.2) is 54.7 Å². The molecule has 0 atom stereocenters. The summed E-state index contributed by atoms with van der Waals surface area (Å²) in [6, 6.07) is 15.7. The van der Waals surface area contributed by atoms with Crippen molar-refractivity contribution in [1.82, 2.24) is 14.8 Å². The van der Waals surface area contributed by atoms with Crippen molar-refractivity contribution in [2.75, 3.05) is 6.61 Å². The third-order valence-corrected chi connectivity index (χ3v) is 3.99. The Bertz CT molecular complexity index is 856. The molecule has 5 heteroatoms. The lowest BCUT2D eigenvalue weighted by molar-refractivity contribution is 0.0499. The highest BCUT2D eigenvalue weighted by Crippen LogP contribution is 2.15. The van der Waals surface area contributed by atoms with Gasteiger partial charge in [-0.3, -0.25) is 4.98 Å². The standard InChI is InChI=1S/C20H21N3O2/c1-15-8-6-9-17(22-15)10-7-13-25-20(24)19-14-21-23(16(19)2)18-11-4-3-5-12-18/h3-6,8-9,11-12,14H,7,10,13H2,1-2H3. The molecule has 0 aliphatic rings. The third kappa shape index (κ3) is 4.12. The molecule has 0 saturated heterocycles. The van der Waals surface area contributed by atoms with Gasteiger partial charge in [0.15, 0.2) is 0 Å². The van der Waals surface area contributed by atoms with E-state index < -0.39 is 0 Å². The Kier molecular flexibility index (Phi) is 5.23. The van der Waals surface area contributed by atoms with Crippen molar-refractivity contribution < 1.29 is 9.53 Å². The monoisotopic (exact) mass is 335 g/mol. The van der Waals surface area contributed by atoms with Crippen LogP contribution < -0.4 is 0 Å². The van der Waals surface area contributed by atoms with Crippen LogP contribution in [0.2, 0.25) is 0 Å². The lowest BCUT2D eigenvalue weighted by atomic mass is 10.2. The molecule has 0 bridgehead atoms. The van der Waals surface area contributed by atoms with Gasteiger partial charge in [0.25, 0.3) is 0 Å². The van der Waals surface area contributed by atoms with E-state index in [2.05, 4.69) is 10.1 Å². The number of benzene rings is 1. The predicted octanol–water partition coefficient (Wildman–Crippen LogP) is 3.67. The number of hydrogen-bond donors (Lipinski definition) is 0. The van der Waals surface area contributed by atoms with Crippen molar-refractivity contribution in [1.29, 1.82) is 0 Å². The van der Waals surface area contributed by atoms with E-state index in [-0.39, 0.29) is 5.97 Å². The lowest BCUT2D eigenvalue weighted by Gasteiger charge is -2.06. The molecule has 0 N–H and O–H groups in total.